The number of nitriles is 1. The Kier molecular flexibility index (Phi) is 2.97. The molecule has 1 aliphatic carbocycles. The number of nitrogens with zero attached hydrogens (tertiary/aromatic N) is 2. The summed E-state index contributed by atoms with van der Waals surface area (Å²) in [6.45, 7) is 8.89. The molecule has 0 amide bonds. The minimum Gasteiger partial charge on any atom is -0.494 e. The predicted octanol–water partition coefficient (Wildman–Crippen LogP) is 2.85. The molecule has 3 nitrogen and oxygen atoms in total. The average molecular weight is 244 g/mol. The molecule has 0 aliphatic heterocycles. The van der Waals surface area contributed by atoms with Gasteiger partial charge in [-0.2, -0.15) is 5.26 Å². The van der Waals surface area contributed by atoms with Gasteiger partial charge in [0, 0.05) is 5.56 Å². The molecule has 1 aromatic rings. The lowest BCUT2D eigenvalue weighted by molar-refractivity contribution is 0.372. The number of methoxy groups -OCH3 is 1. The van der Waals surface area contributed by atoms with E-state index in [9.17, 15) is 4.39 Å². The van der Waals surface area contributed by atoms with E-state index in [4.69, 9.17) is 16.6 Å². The van der Waals surface area contributed by atoms with Crippen molar-refractivity contribution in [3.8, 4) is 11.8 Å². The summed E-state index contributed by atoms with van der Waals surface area (Å²) in [6.07, 6.45) is 1.31. The molecule has 0 N–H and O–H groups in total. The van der Waals surface area contributed by atoms with Gasteiger partial charge in [0.15, 0.2) is 17.6 Å². The summed E-state index contributed by atoms with van der Waals surface area (Å²) in [5.74, 6) is -0.262. The van der Waals surface area contributed by atoms with Gasteiger partial charge in [-0.1, -0.05) is 6.07 Å². The van der Waals surface area contributed by atoms with Crippen LogP contribution in [0.4, 0.5) is 4.39 Å². The molecule has 2 unspecified atom stereocenters. The van der Waals surface area contributed by atoms with Crippen LogP contribution >= 0.6 is 0 Å². The molecule has 1 aromatic carbocycles. The van der Waals surface area contributed by atoms with Crippen molar-refractivity contribution in [2.45, 2.75) is 31.2 Å². The Balaban J connectivity index is 2.64. The molecule has 0 radical (unpaired) electrons. The summed E-state index contributed by atoms with van der Waals surface area (Å²) in [5.41, 5.74) is 0.605. The molecule has 0 spiro atoms. The molecular formula is C14H13FN2O. The van der Waals surface area contributed by atoms with Crippen molar-refractivity contribution in [3.63, 3.8) is 0 Å². The van der Waals surface area contributed by atoms with Crippen molar-refractivity contribution < 1.29 is 9.13 Å². The van der Waals surface area contributed by atoms with Gasteiger partial charge < -0.3 is 4.74 Å². The molecule has 0 saturated heterocycles. The monoisotopic (exact) mass is 244 g/mol. The van der Waals surface area contributed by atoms with Gasteiger partial charge in [0.1, 0.15) is 0 Å². The van der Waals surface area contributed by atoms with Crippen LogP contribution in [0.2, 0.25) is 0 Å². The van der Waals surface area contributed by atoms with Crippen LogP contribution in [0.15, 0.2) is 12.1 Å². The maximum atomic E-state index is 14.4. The highest BCUT2D eigenvalue weighted by Gasteiger charge is 2.48. The van der Waals surface area contributed by atoms with Crippen molar-refractivity contribution in [1.29, 1.82) is 5.26 Å². The molecule has 0 aromatic heterocycles. The number of ether oxygens (including phenoxy) is 1. The van der Waals surface area contributed by atoms with Gasteiger partial charge in [-0.05, 0) is 31.4 Å². The molecule has 0 saturated carbocycles. The first-order valence-electron chi connectivity index (χ1n) is 5.70. The summed E-state index contributed by atoms with van der Waals surface area (Å²) in [4.78, 5) is 3.34. The number of hydrogen-bond donors (Lipinski definition) is 0. The molecule has 18 heavy (non-hydrogen) atoms. The SMILES string of the molecule is [C-]#[N+]C(C#N)C1(C)CCc2ccc(OC)c(F)c21. The zero-order chi connectivity index (χ0) is 13.3. The smallest absolute Gasteiger partial charge is 0.316 e. The third-order valence-electron chi connectivity index (χ3n) is 3.75. The van der Waals surface area contributed by atoms with Crippen molar-refractivity contribution in [3.05, 3.63) is 40.5 Å². The van der Waals surface area contributed by atoms with Crippen LogP contribution in [0.1, 0.15) is 24.5 Å². The minimum atomic E-state index is -0.861. The first-order valence-corrected chi connectivity index (χ1v) is 5.70. The molecule has 2 atom stereocenters. The molecule has 4 heteroatoms. The van der Waals surface area contributed by atoms with Crippen molar-refractivity contribution in [2.75, 3.05) is 7.11 Å². The molecule has 0 bridgehead atoms. The number of halogens is 1. The van der Waals surface area contributed by atoms with Gasteiger partial charge in [-0.15, -0.1) is 0 Å². The van der Waals surface area contributed by atoms with E-state index in [1.807, 2.05) is 12.1 Å². The van der Waals surface area contributed by atoms with Crippen molar-refractivity contribution in [2.24, 2.45) is 0 Å². The zero-order valence-corrected chi connectivity index (χ0v) is 10.3. The van der Waals surface area contributed by atoms with E-state index in [-0.39, 0.29) is 5.75 Å². The van der Waals surface area contributed by atoms with Gasteiger partial charge in [-0.25, -0.2) is 11.0 Å². The standard InChI is InChI=1S/C14H13FN2O/c1-14(11(8-16)17-2)7-6-9-4-5-10(18-3)13(15)12(9)14/h4-5,11H,6-7H2,1,3H3. The quantitative estimate of drug-likeness (QED) is 0.750. The third-order valence-corrected chi connectivity index (χ3v) is 3.75. The first kappa shape index (κ1) is 12.4. The Morgan fingerprint density at radius 2 is 2.33 bits per heavy atom. The topological polar surface area (TPSA) is 37.4 Å². The number of hydrogen-bond acceptors (Lipinski definition) is 2. The van der Waals surface area contributed by atoms with E-state index in [1.165, 1.54) is 7.11 Å². The van der Waals surface area contributed by atoms with Gasteiger partial charge >= 0.3 is 6.04 Å². The predicted molar refractivity (Wildman–Crippen MR) is 64.6 cm³/mol. The van der Waals surface area contributed by atoms with Gasteiger partial charge in [0.05, 0.1) is 12.5 Å². The summed E-state index contributed by atoms with van der Waals surface area (Å²) >= 11 is 0. The molecule has 0 fully saturated rings. The second-order valence-corrected chi connectivity index (χ2v) is 4.69. The summed E-state index contributed by atoms with van der Waals surface area (Å²) in [6, 6.07) is 4.53. The van der Waals surface area contributed by atoms with Crippen LogP contribution in [0.3, 0.4) is 0 Å². The van der Waals surface area contributed by atoms with Gasteiger partial charge in [0.2, 0.25) is 0 Å². The lowest BCUT2D eigenvalue weighted by Gasteiger charge is -2.23. The van der Waals surface area contributed by atoms with Gasteiger partial charge in [0.25, 0.3) is 0 Å². The van der Waals surface area contributed by atoms with Crippen LogP contribution in [0, 0.1) is 23.7 Å². The van der Waals surface area contributed by atoms with Crippen LogP contribution in [0.5, 0.6) is 5.75 Å². The zero-order valence-electron chi connectivity index (χ0n) is 10.3. The average Bonchev–Trinajstić information content (AvgIpc) is 2.71. The summed E-state index contributed by atoms with van der Waals surface area (Å²) in [7, 11) is 1.41. The fourth-order valence-corrected chi connectivity index (χ4v) is 2.69. The Morgan fingerprint density at radius 3 is 2.89 bits per heavy atom. The Bertz CT molecular complexity index is 556. The molecule has 0 heterocycles. The molecule has 2 rings (SSSR count). The molecule has 92 valence electrons. The van der Waals surface area contributed by atoms with E-state index in [0.29, 0.717) is 18.4 Å². The lowest BCUT2D eigenvalue weighted by Crippen LogP contribution is -2.32. The highest BCUT2D eigenvalue weighted by molar-refractivity contribution is 5.48. The lowest BCUT2D eigenvalue weighted by atomic mass is 9.77. The number of fused-ring (bicyclic) bond motifs is 1. The largest absolute Gasteiger partial charge is 0.494 e. The molecular weight excluding hydrogens is 231 g/mol. The summed E-state index contributed by atoms with van der Waals surface area (Å²) in [5, 5.41) is 9.08. The maximum absolute atomic E-state index is 14.4. The van der Waals surface area contributed by atoms with E-state index in [2.05, 4.69) is 4.85 Å². The highest BCUT2D eigenvalue weighted by atomic mass is 19.1. The first-order chi connectivity index (χ1) is 8.58. The second kappa shape index (κ2) is 4.31. The van der Waals surface area contributed by atoms with Crippen LogP contribution in [-0.2, 0) is 11.8 Å². The fourth-order valence-electron chi connectivity index (χ4n) is 2.69. The van der Waals surface area contributed by atoms with E-state index >= 15 is 0 Å². The second-order valence-electron chi connectivity index (χ2n) is 4.69. The Morgan fingerprint density at radius 1 is 1.61 bits per heavy atom. The van der Waals surface area contributed by atoms with Crippen LogP contribution in [-0.4, -0.2) is 13.2 Å². The van der Waals surface area contributed by atoms with Crippen LogP contribution < -0.4 is 4.74 Å². The third kappa shape index (κ3) is 1.54. The fraction of sp³-hybridized carbons (Fsp3) is 0.429. The number of aryl methyl sites for hydroxylation is 1. The number of rotatable bonds is 2. The Labute approximate surface area is 106 Å². The highest BCUT2D eigenvalue weighted by Crippen LogP contribution is 2.45. The summed E-state index contributed by atoms with van der Waals surface area (Å²) < 4.78 is 19.3. The normalized spacial score (nSPS) is 22.7. The van der Waals surface area contributed by atoms with E-state index in [0.717, 1.165) is 5.56 Å². The number of benzene rings is 1. The molecule has 1 aliphatic rings. The Hall–Kier alpha value is -2.07. The van der Waals surface area contributed by atoms with E-state index in [1.54, 1.807) is 13.0 Å². The van der Waals surface area contributed by atoms with Gasteiger partial charge in [-0.3, -0.25) is 4.85 Å². The van der Waals surface area contributed by atoms with Crippen LogP contribution in [0.25, 0.3) is 4.85 Å². The minimum absolute atomic E-state index is 0.170. The van der Waals surface area contributed by atoms with Crippen molar-refractivity contribution >= 4 is 0 Å². The maximum Gasteiger partial charge on any atom is 0.316 e. The van der Waals surface area contributed by atoms with E-state index < -0.39 is 17.3 Å². The van der Waals surface area contributed by atoms with Crippen molar-refractivity contribution in [1.82, 2.24) is 0 Å².